The van der Waals surface area contributed by atoms with Gasteiger partial charge in [0.1, 0.15) is 12.3 Å². The molecule has 0 saturated carbocycles. The second kappa shape index (κ2) is 8.16. The Morgan fingerprint density at radius 3 is 2.62 bits per heavy atom. The van der Waals surface area contributed by atoms with Crippen LogP contribution in [0.3, 0.4) is 0 Å². The number of para-hydroxylation sites is 1. The van der Waals surface area contributed by atoms with E-state index in [1.807, 2.05) is 24.3 Å². The van der Waals surface area contributed by atoms with Gasteiger partial charge in [-0.05, 0) is 36.4 Å². The minimum Gasteiger partial charge on any atom is -0.455 e. The van der Waals surface area contributed by atoms with Crippen LogP contribution in [0.25, 0.3) is 10.8 Å². The summed E-state index contributed by atoms with van der Waals surface area (Å²) in [6.07, 6.45) is 1.56. The molecule has 0 radical (unpaired) electrons. The molecule has 0 bridgehead atoms. The molecule has 4 aromatic rings. The van der Waals surface area contributed by atoms with Crippen LogP contribution in [0.5, 0.6) is 11.5 Å². The second-order valence-electron chi connectivity index (χ2n) is 6.30. The fourth-order valence-electron chi connectivity index (χ4n) is 2.87. The summed E-state index contributed by atoms with van der Waals surface area (Å²) >= 11 is 6.08. The van der Waals surface area contributed by atoms with E-state index in [1.54, 1.807) is 54.7 Å². The molecule has 1 amide bonds. The van der Waals surface area contributed by atoms with Gasteiger partial charge in [-0.1, -0.05) is 48.0 Å². The Balaban J connectivity index is 1.56. The summed E-state index contributed by atoms with van der Waals surface area (Å²) in [5, 5.41) is 8.51. The Bertz CT molecular complexity index is 1240. The second-order valence-corrected chi connectivity index (χ2v) is 6.73. The maximum atomic E-state index is 12.6. The average Bonchev–Trinajstić information content (AvgIpc) is 2.73. The summed E-state index contributed by atoms with van der Waals surface area (Å²) in [5.41, 5.74) is 0.0743. The Morgan fingerprint density at radius 2 is 1.79 bits per heavy atom. The molecule has 0 atom stereocenters. The smallest absolute Gasteiger partial charge is 0.275 e. The van der Waals surface area contributed by atoms with Gasteiger partial charge < -0.3 is 10.1 Å². The number of rotatable bonds is 5. The number of fused-ring (bicyclic) bond motifs is 1. The third-order valence-corrected chi connectivity index (χ3v) is 4.48. The SMILES string of the molecule is O=C(Cn1ncc2ccccc2c1=O)Nc1cc(Cl)ccc1Oc1ccccc1. The quantitative estimate of drug-likeness (QED) is 0.531. The molecule has 1 N–H and O–H groups in total. The average molecular weight is 406 g/mol. The van der Waals surface area contributed by atoms with Crippen LogP contribution in [0.2, 0.25) is 5.02 Å². The molecule has 7 heteroatoms. The van der Waals surface area contributed by atoms with Crippen molar-refractivity contribution >= 4 is 34.0 Å². The number of ether oxygens (including phenoxy) is 1. The van der Waals surface area contributed by atoms with Gasteiger partial charge in [0.2, 0.25) is 5.91 Å². The number of nitrogens with one attached hydrogen (secondary N) is 1. The maximum Gasteiger partial charge on any atom is 0.275 e. The van der Waals surface area contributed by atoms with Gasteiger partial charge in [0.25, 0.3) is 5.56 Å². The number of aromatic nitrogens is 2. The molecule has 0 saturated heterocycles. The number of carbonyl (C=O) groups is 1. The van der Waals surface area contributed by atoms with E-state index in [2.05, 4.69) is 10.4 Å². The minimum atomic E-state index is -0.421. The van der Waals surface area contributed by atoms with Gasteiger partial charge in [-0.3, -0.25) is 9.59 Å². The van der Waals surface area contributed by atoms with Gasteiger partial charge in [-0.15, -0.1) is 0 Å². The lowest BCUT2D eigenvalue weighted by Crippen LogP contribution is -2.29. The normalized spacial score (nSPS) is 10.7. The van der Waals surface area contributed by atoms with E-state index >= 15 is 0 Å². The van der Waals surface area contributed by atoms with Gasteiger partial charge in [-0.25, -0.2) is 4.68 Å². The molecule has 0 aliphatic heterocycles. The Hall–Kier alpha value is -3.64. The first-order valence-corrected chi connectivity index (χ1v) is 9.25. The van der Waals surface area contributed by atoms with Crippen LogP contribution in [-0.4, -0.2) is 15.7 Å². The Morgan fingerprint density at radius 1 is 1.03 bits per heavy atom. The molecular formula is C22H16ClN3O3. The van der Waals surface area contributed by atoms with E-state index in [0.29, 0.717) is 27.6 Å². The molecule has 1 heterocycles. The van der Waals surface area contributed by atoms with Crippen molar-refractivity contribution < 1.29 is 9.53 Å². The van der Waals surface area contributed by atoms with Crippen molar-refractivity contribution in [2.75, 3.05) is 5.32 Å². The maximum absolute atomic E-state index is 12.6. The Kier molecular flexibility index (Phi) is 5.27. The highest BCUT2D eigenvalue weighted by Crippen LogP contribution is 2.32. The molecule has 29 heavy (non-hydrogen) atoms. The topological polar surface area (TPSA) is 73.2 Å². The fourth-order valence-corrected chi connectivity index (χ4v) is 3.04. The predicted octanol–water partition coefficient (Wildman–Crippen LogP) is 4.48. The number of halogens is 1. The molecule has 0 fully saturated rings. The molecular weight excluding hydrogens is 390 g/mol. The number of amides is 1. The van der Waals surface area contributed by atoms with Crippen LogP contribution < -0.4 is 15.6 Å². The lowest BCUT2D eigenvalue weighted by atomic mass is 10.2. The zero-order chi connectivity index (χ0) is 20.2. The summed E-state index contributed by atoms with van der Waals surface area (Å²) in [4.78, 5) is 25.1. The third-order valence-electron chi connectivity index (χ3n) is 4.24. The van der Waals surface area contributed by atoms with E-state index < -0.39 is 5.91 Å². The number of benzene rings is 3. The van der Waals surface area contributed by atoms with Crippen molar-refractivity contribution in [3.05, 3.63) is 94.4 Å². The largest absolute Gasteiger partial charge is 0.455 e. The highest BCUT2D eigenvalue weighted by Gasteiger charge is 2.12. The molecule has 4 rings (SSSR count). The van der Waals surface area contributed by atoms with Crippen molar-refractivity contribution in [2.45, 2.75) is 6.54 Å². The molecule has 144 valence electrons. The van der Waals surface area contributed by atoms with Crippen molar-refractivity contribution in [1.29, 1.82) is 0 Å². The van der Waals surface area contributed by atoms with Gasteiger partial charge in [-0.2, -0.15) is 5.10 Å². The van der Waals surface area contributed by atoms with Gasteiger partial charge in [0.05, 0.1) is 17.3 Å². The molecule has 3 aromatic carbocycles. The fraction of sp³-hybridized carbons (Fsp3) is 0.0455. The van der Waals surface area contributed by atoms with Crippen molar-refractivity contribution in [1.82, 2.24) is 9.78 Å². The summed E-state index contributed by atoms with van der Waals surface area (Å²) in [7, 11) is 0. The van der Waals surface area contributed by atoms with E-state index in [1.165, 1.54) is 0 Å². The molecule has 0 unspecified atom stereocenters. The van der Waals surface area contributed by atoms with Crippen molar-refractivity contribution in [3.8, 4) is 11.5 Å². The predicted molar refractivity (Wildman–Crippen MR) is 113 cm³/mol. The zero-order valence-electron chi connectivity index (χ0n) is 15.2. The lowest BCUT2D eigenvalue weighted by Gasteiger charge is -2.13. The van der Waals surface area contributed by atoms with Crippen LogP contribution in [0.4, 0.5) is 5.69 Å². The summed E-state index contributed by atoms with van der Waals surface area (Å²) in [5.74, 6) is 0.639. The first-order valence-electron chi connectivity index (χ1n) is 8.87. The molecule has 1 aromatic heterocycles. The monoisotopic (exact) mass is 405 g/mol. The zero-order valence-corrected chi connectivity index (χ0v) is 16.0. The number of hydrogen-bond acceptors (Lipinski definition) is 4. The van der Waals surface area contributed by atoms with E-state index in [-0.39, 0.29) is 12.1 Å². The molecule has 0 spiro atoms. The van der Waals surface area contributed by atoms with Crippen molar-refractivity contribution in [3.63, 3.8) is 0 Å². The van der Waals surface area contributed by atoms with Crippen LogP contribution in [0, 0.1) is 0 Å². The first kappa shape index (κ1) is 18.7. The summed E-state index contributed by atoms with van der Waals surface area (Å²) < 4.78 is 6.96. The number of carbonyl (C=O) groups excluding carboxylic acids is 1. The summed E-state index contributed by atoms with van der Waals surface area (Å²) in [6, 6.07) is 21.2. The van der Waals surface area contributed by atoms with Crippen molar-refractivity contribution in [2.24, 2.45) is 0 Å². The van der Waals surface area contributed by atoms with Crippen LogP contribution in [0.15, 0.2) is 83.8 Å². The highest BCUT2D eigenvalue weighted by molar-refractivity contribution is 6.31. The summed E-state index contributed by atoms with van der Waals surface area (Å²) in [6.45, 7) is -0.235. The van der Waals surface area contributed by atoms with E-state index in [0.717, 1.165) is 10.1 Å². The standard InChI is InChI=1S/C22H16ClN3O3/c23-16-10-11-20(29-17-7-2-1-3-8-17)19(12-16)25-21(27)14-26-22(28)18-9-5-4-6-15(18)13-24-26/h1-13H,14H2,(H,25,27). The van der Waals surface area contributed by atoms with Gasteiger partial charge >= 0.3 is 0 Å². The number of anilines is 1. The van der Waals surface area contributed by atoms with E-state index in [4.69, 9.17) is 16.3 Å². The van der Waals surface area contributed by atoms with Gasteiger partial charge in [0.15, 0.2) is 5.75 Å². The van der Waals surface area contributed by atoms with Crippen LogP contribution in [0.1, 0.15) is 0 Å². The third kappa shape index (κ3) is 4.28. The number of hydrogen-bond donors (Lipinski definition) is 1. The minimum absolute atomic E-state index is 0.235. The Labute approximate surface area is 171 Å². The number of nitrogens with zero attached hydrogens (tertiary/aromatic N) is 2. The highest BCUT2D eigenvalue weighted by atomic mass is 35.5. The molecule has 6 nitrogen and oxygen atoms in total. The molecule has 0 aliphatic carbocycles. The van der Waals surface area contributed by atoms with E-state index in [9.17, 15) is 9.59 Å². The van der Waals surface area contributed by atoms with Crippen LogP contribution >= 0.6 is 11.6 Å². The van der Waals surface area contributed by atoms with Gasteiger partial charge in [0, 0.05) is 10.4 Å². The first-order chi connectivity index (χ1) is 14.1. The van der Waals surface area contributed by atoms with Crippen LogP contribution in [-0.2, 0) is 11.3 Å². The lowest BCUT2D eigenvalue weighted by molar-refractivity contribution is -0.117. The molecule has 0 aliphatic rings.